The molecule has 4 nitrogen and oxygen atoms in total. The Morgan fingerprint density at radius 3 is 2.90 bits per heavy atom. The topological polar surface area (TPSA) is 47.5 Å². The van der Waals surface area contributed by atoms with E-state index in [9.17, 15) is 5.11 Å². The van der Waals surface area contributed by atoms with Gasteiger partial charge in [-0.05, 0) is 36.5 Å². The van der Waals surface area contributed by atoms with E-state index >= 15 is 0 Å². The first kappa shape index (κ1) is 13.9. The second-order valence-corrected chi connectivity index (χ2v) is 5.84. The van der Waals surface area contributed by atoms with Crippen LogP contribution >= 0.6 is 0 Å². The molecule has 1 aromatic carbocycles. The number of nitrogens with one attached hydrogen (secondary N) is 2. The molecule has 1 unspecified atom stereocenters. The van der Waals surface area contributed by atoms with Crippen molar-refractivity contribution < 1.29 is 5.11 Å². The zero-order valence-corrected chi connectivity index (χ0v) is 12.1. The summed E-state index contributed by atoms with van der Waals surface area (Å²) in [5.41, 5.74) is 3.67. The van der Waals surface area contributed by atoms with Crippen LogP contribution in [0.15, 0.2) is 18.2 Å². The largest absolute Gasteiger partial charge is 0.388 e. The van der Waals surface area contributed by atoms with Crippen molar-refractivity contribution in [1.82, 2.24) is 10.2 Å². The molecule has 2 heterocycles. The Morgan fingerprint density at radius 1 is 1.20 bits per heavy atom. The van der Waals surface area contributed by atoms with Gasteiger partial charge in [-0.3, -0.25) is 0 Å². The molecule has 0 aliphatic carbocycles. The average Bonchev–Trinajstić information content (AvgIpc) is 2.53. The fourth-order valence-corrected chi connectivity index (χ4v) is 3.11. The summed E-state index contributed by atoms with van der Waals surface area (Å²) in [5, 5.41) is 17.2. The van der Waals surface area contributed by atoms with Crippen LogP contribution < -0.4 is 10.6 Å². The van der Waals surface area contributed by atoms with Gasteiger partial charge in [-0.25, -0.2) is 0 Å². The molecular weight excluding hydrogens is 250 g/mol. The summed E-state index contributed by atoms with van der Waals surface area (Å²) in [6.07, 6.45) is 2.80. The lowest BCUT2D eigenvalue weighted by atomic mass is 9.97. The summed E-state index contributed by atoms with van der Waals surface area (Å²) < 4.78 is 0. The normalized spacial score (nSPS) is 21.1. The molecule has 2 aliphatic heterocycles. The van der Waals surface area contributed by atoms with E-state index in [0.29, 0.717) is 0 Å². The maximum Gasteiger partial charge on any atom is 0.0802 e. The van der Waals surface area contributed by atoms with Crippen LogP contribution in [0, 0.1) is 0 Å². The number of fused-ring (bicyclic) bond motifs is 1. The van der Waals surface area contributed by atoms with Crippen molar-refractivity contribution in [3.63, 3.8) is 0 Å². The molecule has 20 heavy (non-hydrogen) atoms. The number of aryl methyl sites for hydroxylation is 1. The van der Waals surface area contributed by atoms with E-state index in [-0.39, 0.29) is 6.10 Å². The van der Waals surface area contributed by atoms with Crippen LogP contribution in [0.1, 0.15) is 30.1 Å². The number of nitrogens with zero attached hydrogens (tertiary/aromatic N) is 1. The first-order valence-electron chi connectivity index (χ1n) is 7.81. The Kier molecular flexibility index (Phi) is 4.55. The summed E-state index contributed by atoms with van der Waals surface area (Å²) in [6, 6.07) is 6.38. The van der Waals surface area contributed by atoms with E-state index < -0.39 is 0 Å². The first-order valence-corrected chi connectivity index (χ1v) is 7.81. The quantitative estimate of drug-likeness (QED) is 0.777. The Hall–Kier alpha value is -1.10. The maximum atomic E-state index is 10.4. The third kappa shape index (κ3) is 3.32. The molecule has 1 fully saturated rings. The second-order valence-electron chi connectivity index (χ2n) is 5.84. The number of hydrogen-bond donors (Lipinski definition) is 3. The average molecular weight is 275 g/mol. The van der Waals surface area contributed by atoms with E-state index in [4.69, 9.17) is 0 Å². The molecule has 110 valence electrons. The molecule has 0 aromatic heterocycles. The van der Waals surface area contributed by atoms with Crippen LogP contribution in [0.5, 0.6) is 0 Å². The van der Waals surface area contributed by atoms with Crippen LogP contribution in [0.4, 0.5) is 5.69 Å². The molecule has 4 heteroatoms. The molecule has 0 radical (unpaired) electrons. The van der Waals surface area contributed by atoms with Crippen molar-refractivity contribution in [3.05, 3.63) is 29.3 Å². The van der Waals surface area contributed by atoms with Crippen molar-refractivity contribution in [2.75, 3.05) is 44.6 Å². The minimum atomic E-state index is -0.336. The van der Waals surface area contributed by atoms with E-state index in [1.165, 1.54) is 17.7 Å². The molecule has 0 spiro atoms. The lowest BCUT2D eigenvalue weighted by molar-refractivity contribution is 0.136. The summed E-state index contributed by atoms with van der Waals surface area (Å²) in [7, 11) is 0. The van der Waals surface area contributed by atoms with Crippen molar-refractivity contribution in [2.24, 2.45) is 0 Å². The molecule has 0 amide bonds. The molecule has 3 N–H and O–H groups in total. The van der Waals surface area contributed by atoms with Crippen molar-refractivity contribution in [3.8, 4) is 0 Å². The third-order valence-electron chi connectivity index (χ3n) is 4.38. The van der Waals surface area contributed by atoms with E-state index in [1.807, 2.05) is 0 Å². The number of anilines is 1. The van der Waals surface area contributed by atoms with Crippen LogP contribution in [-0.4, -0.2) is 49.3 Å². The summed E-state index contributed by atoms with van der Waals surface area (Å²) in [5.74, 6) is 0. The molecule has 0 saturated carbocycles. The predicted octanol–water partition coefficient (Wildman–Crippen LogP) is 1.37. The van der Waals surface area contributed by atoms with Crippen molar-refractivity contribution >= 4 is 5.69 Å². The Balaban J connectivity index is 1.57. The van der Waals surface area contributed by atoms with Gasteiger partial charge in [-0.15, -0.1) is 0 Å². The molecule has 1 aromatic rings. The summed E-state index contributed by atoms with van der Waals surface area (Å²) in [4.78, 5) is 2.43. The van der Waals surface area contributed by atoms with Crippen LogP contribution in [0.3, 0.4) is 0 Å². The molecular formula is C16H25N3O. The minimum Gasteiger partial charge on any atom is -0.388 e. The predicted molar refractivity (Wildman–Crippen MR) is 82.1 cm³/mol. The highest BCUT2D eigenvalue weighted by Crippen LogP contribution is 2.26. The summed E-state index contributed by atoms with van der Waals surface area (Å²) in [6.45, 7) is 6.39. The van der Waals surface area contributed by atoms with Gasteiger partial charge in [0.1, 0.15) is 0 Å². The maximum absolute atomic E-state index is 10.4. The van der Waals surface area contributed by atoms with Gasteiger partial charge in [-0.2, -0.15) is 0 Å². The lowest BCUT2D eigenvalue weighted by Gasteiger charge is -2.28. The number of piperazine rings is 1. The third-order valence-corrected chi connectivity index (χ3v) is 4.38. The second kappa shape index (κ2) is 6.57. The van der Waals surface area contributed by atoms with Crippen LogP contribution in [0.2, 0.25) is 0 Å². The zero-order valence-electron chi connectivity index (χ0n) is 12.1. The van der Waals surface area contributed by atoms with Gasteiger partial charge in [0.05, 0.1) is 6.10 Å². The number of hydrogen-bond acceptors (Lipinski definition) is 4. The van der Waals surface area contributed by atoms with Crippen molar-refractivity contribution in [1.29, 1.82) is 0 Å². The van der Waals surface area contributed by atoms with E-state index in [2.05, 4.69) is 33.7 Å². The Bertz CT molecular complexity index is 443. The highest BCUT2D eigenvalue weighted by atomic mass is 16.3. The Labute approximate surface area is 121 Å². The van der Waals surface area contributed by atoms with Crippen LogP contribution in [-0.2, 0) is 6.42 Å². The minimum absolute atomic E-state index is 0.336. The standard InChI is InChI=1S/C16H25N3O/c20-16(5-9-19-10-7-17-8-11-19)14-3-4-15-13(12-14)2-1-6-18-15/h3-4,12,16-18,20H,1-2,5-11H2. The van der Waals surface area contributed by atoms with Gasteiger partial charge < -0.3 is 20.6 Å². The number of aliphatic hydroxyl groups excluding tert-OH is 1. The smallest absolute Gasteiger partial charge is 0.0802 e. The first-order chi connectivity index (χ1) is 9.83. The van der Waals surface area contributed by atoms with Gasteiger partial charge in [-0.1, -0.05) is 12.1 Å². The fourth-order valence-electron chi connectivity index (χ4n) is 3.11. The fraction of sp³-hybridized carbons (Fsp3) is 0.625. The molecule has 3 rings (SSSR count). The number of benzene rings is 1. The van der Waals surface area contributed by atoms with Gasteiger partial charge in [0.25, 0.3) is 0 Å². The zero-order chi connectivity index (χ0) is 13.8. The molecule has 2 aliphatic rings. The number of aliphatic hydroxyl groups is 1. The van der Waals surface area contributed by atoms with E-state index in [1.54, 1.807) is 0 Å². The molecule has 1 saturated heterocycles. The molecule has 1 atom stereocenters. The monoisotopic (exact) mass is 275 g/mol. The van der Waals surface area contributed by atoms with Gasteiger partial charge >= 0.3 is 0 Å². The van der Waals surface area contributed by atoms with E-state index in [0.717, 1.165) is 57.7 Å². The number of rotatable bonds is 4. The SMILES string of the molecule is OC(CCN1CCNCC1)c1ccc2c(c1)CCCN2. The van der Waals surface area contributed by atoms with Gasteiger partial charge in [0, 0.05) is 45.0 Å². The summed E-state index contributed by atoms with van der Waals surface area (Å²) >= 11 is 0. The highest BCUT2D eigenvalue weighted by molar-refractivity contribution is 5.54. The van der Waals surface area contributed by atoms with Gasteiger partial charge in [0.2, 0.25) is 0 Å². The van der Waals surface area contributed by atoms with Crippen LogP contribution in [0.25, 0.3) is 0 Å². The van der Waals surface area contributed by atoms with Gasteiger partial charge in [0.15, 0.2) is 0 Å². The Morgan fingerprint density at radius 2 is 2.05 bits per heavy atom. The molecule has 0 bridgehead atoms. The highest BCUT2D eigenvalue weighted by Gasteiger charge is 2.15. The van der Waals surface area contributed by atoms with Crippen molar-refractivity contribution in [2.45, 2.75) is 25.4 Å². The lowest BCUT2D eigenvalue weighted by Crippen LogP contribution is -2.44.